The van der Waals surface area contributed by atoms with Gasteiger partial charge in [-0.3, -0.25) is 12.5 Å². The van der Waals surface area contributed by atoms with Crippen LogP contribution in [0, 0.1) is 0 Å². The molecule has 0 heterocycles. The predicted octanol–water partition coefficient (Wildman–Crippen LogP) is 1.80. The second-order valence-corrected chi connectivity index (χ2v) is 6.38. The van der Waals surface area contributed by atoms with Crippen molar-refractivity contribution in [1.82, 2.24) is 0 Å². The highest BCUT2D eigenvalue weighted by Gasteiger charge is 2.08. The molecular weight excluding hydrogens is 304 g/mol. The molecule has 0 atom stereocenters. The first-order chi connectivity index (χ1) is 9.45. The van der Waals surface area contributed by atoms with Crippen LogP contribution in [-0.2, 0) is 40.6 Å². The van der Waals surface area contributed by atoms with Gasteiger partial charge in [-0.1, -0.05) is 37.3 Å². The third-order valence-corrected chi connectivity index (χ3v) is 3.90. The Morgan fingerprint density at radius 1 is 1.10 bits per heavy atom. The highest BCUT2D eigenvalue weighted by molar-refractivity contribution is 7.86. The van der Waals surface area contributed by atoms with E-state index in [4.69, 9.17) is 4.18 Å². The van der Waals surface area contributed by atoms with Gasteiger partial charge in [0, 0.05) is 0 Å². The molecule has 0 aromatic heterocycles. The Hall–Kier alpha value is -0.800. The van der Waals surface area contributed by atoms with E-state index in [1.807, 2.05) is 37.3 Å². The van der Waals surface area contributed by atoms with E-state index < -0.39 is 21.5 Å². The molecule has 6 nitrogen and oxygen atoms in total. The lowest BCUT2D eigenvalue weighted by molar-refractivity contribution is 0.308. The summed E-state index contributed by atoms with van der Waals surface area (Å²) in [6.07, 6.45) is 0.580. The van der Waals surface area contributed by atoms with Gasteiger partial charge >= 0.3 is 11.4 Å². The van der Waals surface area contributed by atoms with Gasteiger partial charge in [-0.15, -0.1) is 0 Å². The molecule has 116 valence electrons. The first-order valence-electron chi connectivity index (χ1n) is 5.87. The summed E-state index contributed by atoms with van der Waals surface area (Å²) < 4.78 is 45.3. The molecule has 0 aliphatic rings. The van der Waals surface area contributed by atoms with E-state index in [1.54, 1.807) is 0 Å². The SMILES string of the molecule is CCCS(=O)(=O)OCc1ccccc1.COS(=O)OC. The van der Waals surface area contributed by atoms with E-state index in [0.717, 1.165) is 5.56 Å². The quantitative estimate of drug-likeness (QED) is 0.712. The summed E-state index contributed by atoms with van der Waals surface area (Å²) in [6.45, 7) is 1.94. The molecule has 20 heavy (non-hydrogen) atoms. The molecule has 0 N–H and O–H groups in total. The molecule has 0 aliphatic heterocycles. The molecule has 0 spiro atoms. The maximum Gasteiger partial charge on any atom is 0.304 e. The van der Waals surface area contributed by atoms with E-state index in [0.29, 0.717) is 6.42 Å². The van der Waals surface area contributed by atoms with Crippen molar-refractivity contribution < 1.29 is 25.2 Å². The van der Waals surface area contributed by atoms with Crippen molar-refractivity contribution in [3.8, 4) is 0 Å². The molecule has 0 aliphatic carbocycles. The van der Waals surface area contributed by atoms with Gasteiger partial charge in [-0.2, -0.15) is 12.6 Å². The molecule has 0 saturated heterocycles. The first-order valence-corrected chi connectivity index (χ1v) is 8.44. The van der Waals surface area contributed by atoms with Crippen LogP contribution < -0.4 is 0 Å². The summed E-state index contributed by atoms with van der Waals surface area (Å²) in [6, 6.07) is 9.25. The molecule has 0 unspecified atom stereocenters. The van der Waals surface area contributed by atoms with Crippen LogP contribution in [0.25, 0.3) is 0 Å². The van der Waals surface area contributed by atoms with Gasteiger partial charge in [0.2, 0.25) is 0 Å². The summed E-state index contributed by atoms with van der Waals surface area (Å²) >= 11 is -1.53. The smallest absolute Gasteiger partial charge is 0.272 e. The van der Waals surface area contributed by atoms with E-state index >= 15 is 0 Å². The molecule has 0 saturated carbocycles. The summed E-state index contributed by atoms with van der Waals surface area (Å²) in [7, 11) is -0.720. The van der Waals surface area contributed by atoms with Crippen molar-refractivity contribution in [3.05, 3.63) is 35.9 Å². The van der Waals surface area contributed by atoms with Crippen LogP contribution in [0.5, 0.6) is 0 Å². The minimum Gasteiger partial charge on any atom is -0.272 e. The molecular formula is C12H20O6S2. The van der Waals surface area contributed by atoms with Crippen molar-refractivity contribution in [3.63, 3.8) is 0 Å². The normalized spacial score (nSPS) is 11.0. The number of rotatable bonds is 7. The standard InChI is InChI=1S/C10H14O3S.C2H6O3S/c1-2-8-14(11,12)13-9-10-6-4-3-5-7-10;1-4-6(3)5-2/h3-7H,2,8-9H2,1H3;1-2H3. The zero-order chi connectivity index (χ0) is 15.4. The van der Waals surface area contributed by atoms with Gasteiger partial charge in [0.25, 0.3) is 10.1 Å². The minimum absolute atomic E-state index is 0.0832. The molecule has 1 aromatic carbocycles. The molecule has 1 rings (SSSR count). The van der Waals surface area contributed by atoms with Gasteiger partial charge in [0.15, 0.2) is 0 Å². The van der Waals surface area contributed by atoms with Crippen LogP contribution in [0.3, 0.4) is 0 Å². The van der Waals surface area contributed by atoms with Crippen LogP contribution in [0.2, 0.25) is 0 Å². The monoisotopic (exact) mass is 324 g/mol. The molecule has 0 fully saturated rings. The van der Waals surface area contributed by atoms with E-state index in [9.17, 15) is 12.6 Å². The molecule has 1 aromatic rings. The van der Waals surface area contributed by atoms with Crippen molar-refractivity contribution in [1.29, 1.82) is 0 Å². The topological polar surface area (TPSA) is 78.9 Å². The Morgan fingerprint density at radius 3 is 2.05 bits per heavy atom. The largest absolute Gasteiger partial charge is 0.304 e. The minimum atomic E-state index is -3.33. The second kappa shape index (κ2) is 10.9. The highest BCUT2D eigenvalue weighted by Crippen LogP contribution is 2.04. The van der Waals surface area contributed by atoms with Crippen LogP contribution in [-0.4, -0.2) is 32.6 Å². The van der Waals surface area contributed by atoms with E-state index in [2.05, 4.69) is 8.37 Å². The molecule has 0 amide bonds. The van der Waals surface area contributed by atoms with E-state index in [-0.39, 0.29) is 12.4 Å². The van der Waals surface area contributed by atoms with Gasteiger partial charge in [0.05, 0.1) is 26.6 Å². The summed E-state index contributed by atoms with van der Waals surface area (Å²) in [4.78, 5) is 0. The fourth-order valence-corrected chi connectivity index (χ4v) is 2.18. The second-order valence-electron chi connectivity index (χ2n) is 3.55. The Labute approximate surface area is 123 Å². The summed E-state index contributed by atoms with van der Waals surface area (Å²) in [5.74, 6) is 0.0832. The lowest BCUT2D eigenvalue weighted by Gasteiger charge is -2.03. The Balaban J connectivity index is 0.000000511. The average molecular weight is 324 g/mol. The average Bonchev–Trinajstić information content (AvgIpc) is 2.46. The number of hydrogen-bond donors (Lipinski definition) is 0. The van der Waals surface area contributed by atoms with Crippen molar-refractivity contribution >= 4 is 21.5 Å². The zero-order valence-electron chi connectivity index (χ0n) is 11.8. The number of benzene rings is 1. The Morgan fingerprint density at radius 2 is 1.65 bits per heavy atom. The van der Waals surface area contributed by atoms with E-state index in [1.165, 1.54) is 14.2 Å². The Bertz CT molecular complexity index is 466. The third-order valence-electron chi connectivity index (χ3n) is 1.97. The predicted molar refractivity (Wildman–Crippen MR) is 77.5 cm³/mol. The van der Waals surface area contributed by atoms with Crippen molar-refractivity contribution in [2.75, 3.05) is 20.0 Å². The van der Waals surface area contributed by atoms with Gasteiger partial charge in [0.1, 0.15) is 0 Å². The first kappa shape index (κ1) is 19.2. The highest BCUT2D eigenvalue weighted by atomic mass is 32.2. The number of hydrogen-bond acceptors (Lipinski definition) is 6. The van der Waals surface area contributed by atoms with Crippen LogP contribution >= 0.6 is 0 Å². The third kappa shape index (κ3) is 10.0. The van der Waals surface area contributed by atoms with Gasteiger partial charge in [-0.25, -0.2) is 0 Å². The lowest BCUT2D eigenvalue weighted by atomic mass is 10.2. The fraction of sp³-hybridized carbons (Fsp3) is 0.500. The van der Waals surface area contributed by atoms with Gasteiger partial charge < -0.3 is 0 Å². The van der Waals surface area contributed by atoms with Crippen molar-refractivity contribution in [2.45, 2.75) is 20.0 Å². The Kier molecular flexibility index (Phi) is 10.5. The molecule has 8 heteroatoms. The van der Waals surface area contributed by atoms with Crippen LogP contribution in [0.4, 0.5) is 0 Å². The van der Waals surface area contributed by atoms with Crippen LogP contribution in [0.15, 0.2) is 30.3 Å². The molecule has 0 bridgehead atoms. The summed E-state index contributed by atoms with van der Waals surface area (Å²) in [5, 5.41) is 0. The lowest BCUT2D eigenvalue weighted by Crippen LogP contribution is -2.09. The zero-order valence-corrected chi connectivity index (χ0v) is 13.4. The fourth-order valence-electron chi connectivity index (χ4n) is 1.11. The molecule has 0 radical (unpaired) electrons. The maximum absolute atomic E-state index is 11.2. The maximum atomic E-state index is 11.2. The van der Waals surface area contributed by atoms with Crippen molar-refractivity contribution in [2.24, 2.45) is 0 Å². The van der Waals surface area contributed by atoms with Gasteiger partial charge in [-0.05, 0) is 12.0 Å². The summed E-state index contributed by atoms with van der Waals surface area (Å²) in [5.41, 5.74) is 0.868. The van der Waals surface area contributed by atoms with Crippen LogP contribution in [0.1, 0.15) is 18.9 Å².